The number of alkyl halides is 6. The highest BCUT2D eigenvalue weighted by atomic mass is 35.5. The molecule has 0 amide bonds. The molecule has 0 aromatic heterocycles. The lowest BCUT2D eigenvalue weighted by molar-refractivity contribution is -0.137. The Hall–Kier alpha value is -1.39. The molecule has 2 atom stereocenters. The average molecular weight is 443 g/mol. The van der Waals surface area contributed by atoms with Crippen LogP contribution in [0.4, 0.5) is 32.0 Å². The quantitative estimate of drug-likeness (QED) is 0.497. The van der Waals surface area contributed by atoms with E-state index in [1.54, 1.807) is 0 Å². The molecule has 1 heterocycles. The van der Waals surface area contributed by atoms with Gasteiger partial charge in [-0.2, -0.15) is 31.4 Å². The summed E-state index contributed by atoms with van der Waals surface area (Å²) < 4.78 is 75.9. The second-order valence-electron chi connectivity index (χ2n) is 4.20. The second kappa shape index (κ2) is 10.7. The minimum atomic E-state index is -4.55. The smallest absolute Gasteiger partial charge is 0.329 e. The highest BCUT2D eigenvalue weighted by Gasteiger charge is 2.35. The molecule has 0 aliphatic carbocycles. The second-order valence-corrected chi connectivity index (χ2v) is 5.77. The van der Waals surface area contributed by atoms with Gasteiger partial charge in [0.1, 0.15) is 11.4 Å². The number of halogens is 8. The monoisotopic (exact) mass is 442 g/mol. The Balaban J connectivity index is 0.000000920. The maximum atomic E-state index is 12.6. The van der Waals surface area contributed by atoms with Crippen LogP contribution in [0, 0.1) is 11.8 Å². The summed E-state index contributed by atoms with van der Waals surface area (Å²) in [5, 5.41) is 10.6. The Morgan fingerprint density at radius 2 is 1.65 bits per heavy atom. The first-order valence-electron chi connectivity index (χ1n) is 6.12. The molecule has 2 rings (SSSR count). The molecule has 14 heteroatoms. The molecule has 1 aliphatic heterocycles. The van der Waals surface area contributed by atoms with Gasteiger partial charge in [0.2, 0.25) is 0 Å². The van der Waals surface area contributed by atoms with Crippen molar-refractivity contribution < 1.29 is 30.9 Å². The number of hydrogen-bond donors (Lipinski definition) is 2. The fourth-order valence-electron chi connectivity index (χ4n) is 1.69. The van der Waals surface area contributed by atoms with Crippen LogP contribution in [0.3, 0.4) is 0 Å². The van der Waals surface area contributed by atoms with E-state index in [1.807, 2.05) is 0 Å². The van der Waals surface area contributed by atoms with Crippen LogP contribution >= 0.6 is 35.2 Å². The Kier molecular flexibility index (Phi) is 10.1. The van der Waals surface area contributed by atoms with Crippen molar-refractivity contribution in [3.63, 3.8) is 0 Å². The van der Waals surface area contributed by atoms with Gasteiger partial charge < -0.3 is 10.3 Å². The highest BCUT2D eigenvalue weighted by molar-refractivity contribution is 7.95. The van der Waals surface area contributed by atoms with E-state index in [2.05, 4.69) is 11.7 Å². The largest absolute Gasteiger partial charge is 0.416 e. The summed E-state index contributed by atoms with van der Waals surface area (Å²) in [6.07, 6.45) is -3.97. The standard InChI is InChI=1S/C10H8Cl2F3N3OS.CHF3.CHN/c11-5-1-4(10(13,14)15)2-6(12)8(5)18-9(16)7(20-19)3-17-18;2-1(3)4;1-2/h1-3,7,9,19H,16H2;1H;1H. The van der Waals surface area contributed by atoms with Crippen molar-refractivity contribution in [2.75, 3.05) is 5.01 Å². The van der Waals surface area contributed by atoms with Crippen molar-refractivity contribution in [1.82, 2.24) is 0 Å². The van der Waals surface area contributed by atoms with Gasteiger partial charge in [0.25, 0.3) is 0 Å². The zero-order valence-electron chi connectivity index (χ0n) is 12.3. The highest BCUT2D eigenvalue weighted by Crippen LogP contribution is 2.41. The zero-order valence-corrected chi connectivity index (χ0v) is 14.7. The van der Waals surface area contributed by atoms with Crippen LogP contribution in [0.2, 0.25) is 10.0 Å². The van der Waals surface area contributed by atoms with Gasteiger partial charge in [0, 0.05) is 24.8 Å². The molecule has 0 fully saturated rings. The van der Waals surface area contributed by atoms with E-state index < -0.39 is 29.8 Å². The minimum absolute atomic E-state index is 0.0710. The molecule has 0 saturated carbocycles. The van der Waals surface area contributed by atoms with Gasteiger partial charge in [-0.1, -0.05) is 23.2 Å². The number of benzene rings is 1. The Morgan fingerprint density at radius 1 is 1.23 bits per heavy atom. The van der Waals surface area contributed by atoms with E-state index >= 15 is 0 Å². The molecule has 1 aliphatic rings. The van der Waals surface area contributed by atoms with Crippen LogP contribution in [0.25, 0.3) is 0 Å². The third-order valence-electron chi connectivity index (χ3n) is 2.65. The van der Waals surface area contributed by atoms with Gasteiger partial charge in [-0.05, 0) is 12.1 Å². The van der Waals surface area contributed by atoms with E-state index in [1.165, 1.54) is 11.2 Å². The zero-order chi connectivity index (χ0) is 20.7. The summed E-state index contributed by atoms with van der Waals surface area (Å²) in [6.45, 7) is -0.167. The lowest BCUT2D eigenvalue weighted by atomic mass is 10.2. The molecule has 1 aromatic rings. The van der Waals surface area contributed by atoms with Gasteiger partial charge in [0.15, 0.2) is 0 Å². The van der Waals surface area contributed by atoms with Crippen LogP contribution in [0.15, 0.2) is 17.2 Å². The number of hydrazone groups is 1. The predicted octanol–water partition coefficient (Wildman–Crippen LogP) is 5.00. The average Bonchev–Trinajstić information content (AvgIpc) is 2.88. The normalized spacial score (nSPS) is 18.9. The van der Waals surface area contributed by atoms with Gasteiger partial charge >= 0.3 is 12.9 Å². The molecule has 1 aromatic carbocycles. The molecule has 0 spiro atoms. The predicted molar refractivity (Wildman–Crippen MR) is 88.2 cm³/mol. The van der Waals surface area contributed by atoms with Crippen molar-refractivity contribution in [2.45, 2.75) is 24.3 Å². The fraction of sp³-hybridized carbons (Fsp3) is 0.333. The number of rotatable bonds is 2. The first kappa shape index (κ1) is 24.6. The van der Waals surface area contributed by atoms with Crippen molar-refractivity contribution in [1.29, 1.82) is 5.26 Å². The van der Waals surface area contributed by atoms with E-state index in [4.69, 9.17) is 38.8 Å². The van der Waals surface area contributed by atoms with Crippen molar-refractivity contribution in [3.8, 4) is 6.57 Å². The Labute approximate surface area is 158 Å². The lowest BCUT2D eigenvalue weighted by Gasteiger charge is -2.25. The molecule has 146 valence electrons. The molecular weight excluding hydrogens is 433 g/mol. The number of hydrogen-bond acceptors (Lipinski definition) is 6. The lowest BCUT2D eigenvalue weighted by Crippen LogP contribution is -2.42. The van der Waals surface area contributed by atoms with Crippen molar-refractivity contribution in [3.05, 3.63) is 27.7 Å². The summed E-state index contributed by atoms with van der Waals surface area (Å²) in [4.78, 5) is 0. The van der Waals surface area contributed by atoms with Gasteiger partial charge in [-0.15, -0.1) is 0 Å². The Bertz CT molecular complexity index is 620. The van der Waals surface area contributed by atoms with Gasteiger partial charge in [-0.25, -0.2) is 10.3 Å². The summed E-state index contributed by atoms with van der Waals surface area (Å²) in [6, 6.07) is 1.51. The van der Waals surface area contributed by atoms with Crippen LogP contribution in [-0.4, -0.2) is 28.9 Å². The van der Waals surface area contributed by atoms with Gasteiger partial charge in [-0.3, -0.25) is 0 Å². The number of nitriles is 1. The summed E-state index contributed by atoms with van der Waals surface area (Å²) in [5.74, 6) is 0. The molecule has 0 saturated heterocycles. The maximum Gasteiger partial charge on any atom is 0.416 e. The SMILES string of the molecule is C#N.FC(F)F.NC1C(SO)C=NN1c1c(Cl)cc(C(F)(F)F)cc1Cl. The van der Waals surface area contributed by atoms with E-state index in [-0.39, 0.29) is 15.7 Å². The number of anilines is 1. The minimum Gasteiger partial charge on any atom is -0.329 e. The fourth-order valence-corrected chi connectivity index (χ4v) is 2.70. The van der Waals surface area contributed by atoms with Crippen LogP contribution in [0.1, 0.15) is 5.56 Å². The molecule has 0 bridgehead atoms. The molecule has 3 N–H and O–H groups in total. The summed E-state index contributed by atoms with van der Waals surface area (Å²) >= 11 is 12.2. The first-order valence-corrected chi connectivity index (χ1v) is 7.71. The molecule has 2 unspecified atom stereocenters. The molecule has 5 nitrogen and oxygen atoms in total. The number of nitrogens with two attached hydrogens (primary N) is 1. The van der Waals surface area contributed by atoms with Crippen molar-refractivity contribution >= 4 is 47.1 Å². The Morgan fingerprint density at radius 3 is 1.96 bits per heavy atom. The summed E-state index contributed by atoms with van der Waals surface area (Å²) in [7, 11) is 0. The van der Waals surface area contributed by atoms with Crippen LogP contribution in [0.5, 0.6) is 0 Å². The topological polar surface area (TPSA) is 85.6 Å². The third kappa shape index (κ3) is 6.73. The van der Waals surface area contributed by atoms with E-state index in [9.17, 15) is 26.3 Å². The molecular formula is C12H10Cl2F6N4OS. The maximum absolute atomic E-state index is 12.6. The van der Waals surface area contributed by atoms with Crippen LogP contribution in [-0.2, 0) is 6.18 Å². The number of nitrogens with zero attached hydrogens (tertiary/aromatic N) is 3. The van der Waals surface area contributed by atoms with Gasteiger partial charge in [0.05, 0.1) is 21.3 Å². The van der Waals surface area contributed by atoms with E-state index in [0.717, 1.165) is 12.1 Å². The van der Waals surface area contributed by atoms with E-state index in [0.29, 0.717) is 12.0 Å². The van der Waals surface area contributed by atoms with Crippen molar-refractivity contribution in [2.24, 2.45) is 10.8 Å². The first-order chi connectivity index (χ1) is 12.0. The summed E-state index contributed by atoms with van der Waals surface area (Å²) in [5.41, 5.74) is 4.92. The molecule has 26 heavy (non-hydrogen) atoms. The third-order valence-corrected chi connectivity index (χ3v) is 3.87. The van der Waals surface area contributed by atoms with Crippen LogP contribution < -0.4 is 10.7 Å². The molecule has 0 radical (unpaired) electrons.